The van der Waals surface area contributed by atoms with Crippen LogP contribution in [0.2, 0.25) is 0 Å². The molecule has 1 saturated carbocycles. The van der Waals surface area contributed by atoms with Gasteiger partial charge in [0.25, 0.3) is 0 Å². The minimum absolute atomic E-state index is 0.0810. The van der Waals surface area contributed by atoms with E-state index in [1.807, 2.05) is 6.07 Å². The number of sulfonamides is 1. The Morgan fingerprint density at radius 3 is 2.45 bits per heavy atom. The number of piperidine rings is 1. The number of nitrogens with zero attached hydrogens (tertiary/aromatic N) is 2. The number of rotatable bonds is 8. The Labute approximate surface area is 254 Å². The number of hydrogen-bond acceptors (Lipinski definition) is 7. The lowest BCUT2D eigenvalue weighted by molar-refractivity contribution is -0.189. The molecule has 0 spiro atoms. The van der Waals surface area contributed by atoms with E-state index in [0.29, 0.717) is 34.8 Å². The summed E-state index contributed by atoms with van der Waals surface area (Å²) < 4.78 is 76.5. The molecule has 4 fully saturated rings. The molecule has 236 valence electrons. The van der Waals surface area contributed by atoms with Gasteiger partial charge >= 0.3 is 6.18 Å². The Bertz CT molecular complexity index is 1670. The molecule has 9 nitrogen and oxygen atoms in total. The van der Waals surface area contributed by atoms with Crippen LogP contribution in [0.25, 0.3) is 10.9 Å². The lowest BCUT2D eigenvalue weighted by atomic mass is 9.87. The molecule has 44 heavy (non-hydrogen) atoms. The average molecular weight is 632 g/mol. The molecule has 13 heteroatoms. The zero-order valence-corrected chi connectivity index (χ0v) is 25.2. The van der Waals surface area contributed by atoms with E-state index in [0.717, 1.165) is 44.5 Å². The van der Waals surface area contributed by atoms with E-state index in [9.17, 15) is 21.6 Å². The molecule has 2 aromatic carbocycles. The van der Waals surface area contributed by atoms with Gasteiger partial charge in [0, 0.05) is 48.7 Å². The third-order valence-corrected chi connectivity index (χ3v) is 9.64. The number of anilines is 2. The molecule has 7 rings (SSSR count). The van der Waals surface area contributed by atoms with Crippen molar-refractivity contribution in [3.05, 3.63) is 48.2 Å². The summed E-state index contributed by atoms with van der Waals surface area (Å²) in [6, 6.07) is 12.0. The van der Waals surface area contributed by atoms with Crippen molar-refractivity contribution in [3.63, 3.8) is 0 Å². The van der Waals surface area contributed by atoms with Gasteiger partial charge in [-0.3, -0.25) is 4.90 Å². The zero-order chi connectivity index (χ0) is 31.1. The molecular weight excluding hydrogens is 595 g/mol. The Morgan fingerprint density at radius 2 is 1.80 bits per heavy atom. The second-order valence-electron chi connectivity index (χ2n) is 11.8. The monoisotopic (exact) mass is 631 g/mol. The van der Waals surface area contributed by atoms with Crippen LogP contribution in [-0.2, 0) is 21.3 Å². The lowest BCUT2D eigenvalue weighted by Crippen LogP contribution is -2.60. The number of nitrogens with one attached hydrogen (secondary N) is 2. The predicted molar refractivity (Wildman–Crippen MR) is 162 cm³/mol. The Kier molecular flexibility index (Phi) is 8.45. The molecule has 4 heterocycles. The summed E-state index contributed by atoms with van der Waals surface area (Å²) in [6.45, 7) is 0.955. The number of nitrogens with two attached hydrogens (primary N) is 1. The summed E-state index contributed by atoms with van der Waals surface area (Å²) in [4.78, 5) is 2.47. The zero-order valence-electron chi connectivity index (χ0n) is 24.4. The number of alkyl halides is 3. The fraction of sp³-hybridized carbons (Fsp3) is 0.484. The second-order valence-corrected chi connectivity index (χ2v) is 13.3. The van der Waals surface area contributed by atoms with Gasteiger partial charge in [0.15, 0.2) is 0 Å². The van der Waals surface area contributed by atoms with E-state index in [1.165, 1.54) is 36.3 Å². The molecule has 1 aromatic heterocycles. The number of hydrogen-bond donors (Lipinski definition) is 3. The van der Waals surface area contributed by atoms with E-state index < -0.39 is 22.7 Å². The molecule has 2 atom stereocenters. The molecule has 3 saturated heterocycles. The third kappa shape index (κ3) is 6.78. The number of methoxy groups -OCH3 is 1. The van der Waals surface area contributed by atoms with Crippen LogP contribution in [0, 0.1) is 11.8 Å². The molecule has 4 N–H and O–H groups in total. The first-order valence-electron chi connectivity index (χ1n) is 14.8. The van der Waals surface area contributed by atoms with Crippen molar-refractivity contribution < 1.29 is 31.1 Å². The van der Waals surface area contributed by atoms with E-state index in [4.69, 9.17) is 14.6 Å². The molecular formula is C31H36F3N5O4S. The molecule has 4 aliphatic rings. The highest BCUT2D eigenvalue weighted by Gasteiger charge is 2.41. The first kappa shape index (κ1) is 30.6. The number of primary sulfonamides is 1. The molecule has 0 radical (unpaired) electrons. The van der Waals surface area contributed by atoms with Crippen molar-refractivity contribution in [1.82, 2.24) is 9.47 Å². The van der Waals surface area contributed by atoms with Gasteiger partial charge in [0.05, 0.1) is 47.7 Å². The Morgan fingerprint density at radius 1 is 1.07 bits per heavy atom. The maximum absolute atomic E-state index is 13.7. The standard InChI is InChI=1S/C31H36F3N5O4S/c1-42-30-16-25(44(35,40)41)11-12-28(30)36-13-3-4-22-14-26-27(5-2-6-29(26)39(22)19-31(32,33)34)37-20-7-9-21(10-8-20)38-17-23-15-24(18-38)43-23/h2,5-6,11-12,14,16,20-21,23-24,36-37H,7-10,13,15,17-19H2,1H3,(H2,35,40,41)/t20?,21?,23-,24?/m0/s1. The summed E-state index contributed by atoms with van der Waals surface area (Å²) in [5, 5.41) is 12.5. The minimum atomic E-state index is -4.43. The van der Waals surface area contributed by atoms with Crippen LogP contribution < -0.4 is 20.5 Å². The topological polar surface area (TPSA) is 111 Å². The second kappa shape index (κ2) is 12.2. The summed E-state index contributed by atoms with van der Waals surface area (Å²) >= 11 is 0. The van der Waals surface area contributed by atoms with Gasteiger partial charge in [-0.1, -0.05) is 12.0 Å². The summed E-state index contributed by atoms with van der Waals surface area (Å²) in [5.74, 6) is 6.04. The van der Waals surface area contributed by atoms with Gasteiger partial charge in [-0.15, -0.1) is 0 Å². The molecule has 2 bridgehead atoms. The maximum Gasteiger partial charge on any atom is 0.406 e. The first-order chi connectivity index (χ1) is 21.0. The molecule has 3 aromatic rings. The molecule has 1 aliphatic carbocycles. The van der Waals surface area contributed by atoms with Gasteiger partial charge in [0.2, 0.25) is 10.0 Å². The van der Waals surface area contributed by atoms with Crippen molar-refractivity contribution in [2.75, 3.05) is 37.4 Å². The molecule has 0 amide bonds. The van der Waals surface area contributed by atoms with Gasteiger partial charge in [-0.25, -0.2) is 13.6 Å². The number of halogens is 3. The fourth-order valence-corrected chi connectivity index (χ4v) is 7.15. The first-order valence-corrected chi connectivity index (χ1v) is 16.3. The van der Waals surface area contributed by atoms with Gasteiger partial charge in [-0.2, -0.15) is 13.2 Å². The van der Waals surface area contributed by atoms with E-state index in [2.05, 4.69) is 27.4 Å². The summed E-state index contributed by atoms with van der Waals surface area (Å²) in [7, 11) is -2.52. The van der Waals surface area contributed by atoms with Crippen molar-refractivity contribution >= 4 is 32.3 Å². The minimum Gasteiger partial charge on any atom is -0.495 e. The Hall–Kier alpha value is -3.44. The fourth-order valence-electron chi connectivity index (χ4n) is 6.62. The maximum atomic E-state index is 13.7. The quantitative estimate of drug-likeness (QED) is 0.314. The van der Waals surface area contributed by atoms with Crippen LogP contribution in [0.1, 0.15) is 37.8 Å². The van der Waals surface area contributed by atoms with Gasteiger partial charge < -0.3 is 24.7 Å². The van der Waals surface area contributed by atoms with E-state index in [-0.39, 0.29) is 28.9 Å². The smallest absolute Gasteiger partial charge is 0.406 e. The van der Waals surface area contributed by atoms with Crippen LogP contribution in [0.5, 0.6) is 5.75 Å². The van der Waals surface area contributed by atoms with Crippen LogP contribution in [0.15, 0.2) is 47.4 Å². The van der Waals surface area contributed by atoms with Gasteiger partial charge in [0.1, 0.15) is 12.3 Å². The molecule has 3 aliphatic heterocycles. The normalized spacial score (nSPS) is 23.8. The predicted octanol–water partition coefficient (Wildman–Crippen LogP) is 4.52. The van der Waals surface area contributed by atoms with E-state index in [1.54, 1.807) is 18.2 Å². The number of morpholine rings is 1. The van der Waals surface area contributed by atoms with Gasteiger partial charge in [-0.05, 0) is 61.9 Å². The Balaban J connectivity index is 1.17. The van der Waals surface area contributed by atoms with Crippen LogP contribution in [0.3, 0.4) is 0 Å². The SMILES string of the molecule is COc1cc(S(N)(=O)=O)ccc1NCC#Cc1cc2c(NC3CCC(N4CC5C[C@@H](C4)O5)CC3)cccc2n1CC(F)(F)F. The van der Waals surface area contributed by atoms with Crippen LogP contribution >= 0.6 is 0 Å². The van der Waals surface area contributed by atoms with Crippen LogP contribution in [0.4, 0.5) is 24.5 Å². The highest BCUT2D eigenvalue weighted by molar-refractivity contribution is 7.89. The summed E-state index contributed by atoms with van der Waals surface area (Å²) in [5.41, 5.74) is 1.99. The van der Waals surface area contributed by atoms with Crippen molar-refractivity contribution in [3.8, 4) is 17.6 Å². The number of aromatic nitrogens is 1. The molecule has 1 unspecified atom stereocenters. The number of ether oxygens (including phenoxy) is 2. The highest BCUT2D eigenvalue weighted by atomic mass is 32.2. The lowest BCUT2D eigenvalue weighted by Gasteiger charge is -2.50. The third-order valence-electron chi connectivity index (χ3n) is 8.73. The van der Waals surface area contributed by atoms with Crippen molar-refractivity contribution in [2.24, 2.45) is 5.14 Å². The average Bonchev–Trinajstić information content (AvgIpc) is 3.31. The van der Waals surface area contributed by atoms with Crippen molar-refractivity contribution in [2.45, 2.75) is 74.0 Å². The van der Waals surface area contributed by atoms with E-state index >= 15 is 0 Å². The highest BCUT2D eigenvalue weighted by Crippen LogP contribution is 2.35. The number of benzene rings is 2. The number of fused-ring (bicyclic) bond motifs is 3. The summed E-state index contributed by atoms with van der Waals surface area (Å²) in [6.07, 6.45) is 1.70. The largest absolute Gasteiger partial charge is 0.495 e. The van der Waals surface area contributed by atoms with Crippen molar-refractivity contribution in [1.29, 1.82) is 0 Å². The van der Waals surface area contributed by atoms with Crippen LogP contribution in [-0.4, -0.2) is 75.1 Å².